The molecular weight excluding hydrogens is 240 g/mol. The lowest BCUT2D eigenvalue weighted by molar-refractivity contribution is 0.114. The number of nitrogens with one attached hydrogen (secondary N) is 1. The average molecular weight is 259 g/mol. The lowest BCUT2D eigenvalue weighted by Crippen LogP contribution is -2.34. The third kappa shape index (κ3) is 4.33. The number of aliphatic hydroxyl groups is 1. The zero-order valence-corrected chi connectivity index (χ0v) is 10.6. The van der Waals surface area contributed by atoms with Crippen LogP contribution in [0, 0.1) is 11.6 Å². The first-order chi connectivity index (χ1) is 8.56. The van der Waals surface area contributed by atoms with Gasteiger partial charge in [-0.2, -0.15) is 0 Å². The van der Waals surface area contributed by atoms with Crippen molar-refractivity contribution in [1.82, 2.24) is 5.32 Å². The SMILES string of the molecule is CCOCC(C)NCC(O)c1c(F)cccc1F. The molecular formula is C13H19F2NO2. The molecule has 102 valence electrons. The Morgan fingerprint density at radius 1 is 1.33 bits per heavy atom. The summed E-state index contributed by atoms with van der Waals surface area (Å²) < 4.78 is 31.9. The fraction of sp³-hybridized carbons (Fsp3) is 0.538. The fourth-order valence-electron chi connectivity index (χ4n) is 1.60. The number of halogens is 2. The Bertz CT molecular complexity index is 354. The van der Waals surface area contributed by atoms with Crippen LogP contribution in [0.1, 0.15) is 25.5 Å². The van der Waals surface area contributed by atoms with Gasteiger partial charge in [0.2, 0.25) is 0 Å². The van der Waals surface area contributed by atoms with Crippen LogP contribution in [0.15, 0.2) is 18.2 Å². The first-order valence-electron chi connectivity index (χ1n) is 5.99. The van der Waals surface area contributed by atoms with E-state index in [0.29, 0.717) is 13.2 Å². The van der Waals surface area contributed by atoms with E-state index in [1.165, 1.54) is 6.07 Å². The number of hydrogen-bond acceptors (Lipinski definition) is 3. The molecule has 0 saturated carbocycles. The molecule has 5 heteroatoms. The summed E-state index contributed by atoms with van der Waals surface area (Å²) in [6.07, 6.45) is -1.21. The summed E-state index contributed by atoms with van der Waals surface area (Å²) in [5.41, 5.74) is -0.298. The first kappa shape index (κ1) is 15.0. The lowest BCUT2D eigenvalue weighted by atomic mass is 10.1. The van der Waals surface area contributed by atoms with Crippen LogP contribution in [0.25, 0.3) is 0 Å². The van der Waals surface area contributed by atoms with Crippen LogP contribution in [-0.4, -0.2) is 30.9 Å². The standard InChI is InChI=1S/C13H19F2NO2/c1-3-18-8-9(2)16-7-12(17)13-10(14)5-4-6-11(13)15/h4-6,9,12,16-17H,3,7-8H2,1-2H3. The third-order valence-electron chi connectivity index (χ3n) is 2.56. The van der Waals surface area contributed by atoms with E-state index in [2.05, 4.69) is 5.32 Å². The van der Waals surface area contributed by atoms with Crippen LogP contribution in [-0.2, 0) is 4.74 Å². The van der Waals surface area contributed by atoms with Gasteiger partial charge in [-0.05, 0) is 26.0 Å². The minimum atomic E-state index is -1.21. The van der Waals surface area contributed by atoms with Crippen molar-refractivity contribution in [3.63, 3.8) is 0 Å². The van der Waals surface area contributed by atoms with E-state index in [9.17, 15) is 13.9 Å². The largest absolute Gasteiger partial charge is 0.387 e. The Morgan fingerprint density at radius 2 is 1.94 bits per heavy atom. The van der Waals surface area contributed by atoms with E-state index in [0.717, 1.165) is 12.1 Å². The number of hydrogen-bond donors (Lipinski definition) is 2. The number of aliphatic hydroxyl groups excluding tert-OH is 1. The highest BCUT2D eigenvalue weighted by molar-refractivity contribution is 5.22. The van der Waals surface area contributed by atoms with E-state index in [-0.39, 0.29) is 18.2 Å². The maximum atomic E-state index is 13.4. The van der Waals surface area contributed by atoms with Crippen LogP contribution in [0.4, 0.5) is 8.78 Å². The predicted octanol–water partition coefficient (Wildman–Crippen LogP) is 2.01. The van der Waals surface area contributed by atoms with Crippen LogP contribution < -0.4 is 5.32 Å². The van der Waals surface area contributed by atoms with Crippen LogP contribution in [0.5, 0.6) is 0 Å². The molecule has 2 atom stereocenters. The van der Waals surface area contributed by atoms with Gasteiger partial charge in [-0.25, -0.2) is 8.78 Å². The molecule has 0 aliphatic rings. The number of benzene rings is 1. The molecule has 2 N–H and O–H groups in total. The van der Waals surface area contributed by atoms with Crippen LogP contribution in [0.2, 0.25) is 0 Å². The van der Waals surface area contributed by atoms with Gasteiger partial charge in [0.15, 0.2) is 0 Å². The molecule has 0 heterocycles. The maximum Gasteiger partial charge on any atom is 0.131 e. The van der Waals surface area contributed by atoms with Gasteiger partial charge in [0.1, 0.15) is 11.6 Å². The zero-order valence-electron chi connectivity index (χ0n) is 10.6. The highest BCUT2D eigenvalue weighted by Gasteiger charge is 2.18. The number of ether oxygens (including phenoxy) is 1. The summed E-state index contributed by atoms with van der Waals surface area (Å²) >= 11 is 0. The summed E-state index contributed by atoms with van der Waals surface area (Å²) in [6.45, 7) is 4.93. The molecule has 0 amide bonds. The summed E-state index contributed by atoms with van der Waals surface area (Å²) in [7, 11) is 0. The van der Waals surface area contributed by atoms with Crippen molar-refractivity contribution >= 4 is 0 Å². The van der Waals surface area contributed by atoms with Gasteiger partial charge in [-0.3, -0.25) is 0 Å². The Hall–Kier alpha value is -1.04. The first-order valence-corrected chi connectivity index (χ1v) is 5.99. The second-order valence-corrected chi connectivity index (χ2v) is 4.12. The Balaban J connectivity index is 2.52. The van der Waals surface area contributed by atoms with Crippen molar-refractivity contribution in [1.29, 1.82) is 0 Å². The monoisotopic (exact) mass is 259 g/mol. The smallest absolute Gasteiger partial charge is 0.131 e. The van der Waals surface area contributed by atoms with E-state index in [1.807, 2.05) is 13.8 Å². The second-order valence-electron chi connectivity index (χ2n) is 4.12. The minimum absolute atomic E-state index is 0.00874. The average Bonchev–Trinajstić information content (AvgIpc) is 2.33. The van der Waals surface area contributed by atoms with Crippen molar-refractivity contribution in [3.05, 3.63) is 35.4 Å². The summed E-state index contributed by atoms with van der Waals surface area (Å²) in [6, 6.07) is 3.54. The summed E-state index contributed by atoms with van der Waals surface area (Å²) in [5, 5.41) is 12.7. The van der Waals surface area contributed by atoms with Gasteiger partial charge in [0, 0.05) is 19.2 Å². The van der Waals surface area contributed by atoms with Gasteiger partial charge >= 0.3 is 0 Å². The van der Waals surface area contributed by atoms with Crippen molar-refractivity contribution in [2.75, 3.05) is 19.8 Å². The highest BCUT2D eigenvalue weighted by Crippen LogP contribution is 2.19. The molecule has 2 unspecified atom stereocenters. The molecule has 1 rings (SSSR count). The molecule has 0 spiro atoms. The molecule has 0 radical (unpaired) electrons. The predicted molar refractivity (Wildman–Crippen MR) is 65.3 cm³/mol. The molecule has 0 fully saturated rings. The molecule has 18 heavy (non-hydrogen) atoms. The Labute approximate surface area is 106 Å². The van der Waals surface area contributed by atoms with Gasteiger partial charge in [0.25, 0.3) is 0 Å². The van der Waals surface area contributed by atoms with Gasteiger partial charge in [-0.1, -0.05) is 6.07 Å². The number of rotatable bonds is 7. The Morgan fingerprint density at radius 3 is 2.50 bits per heavy atom. The molecule has 0 saturated heterocycles. The van der Waals surface area contributed by atoms with E-state index in [4.69, 9.17) is 4.74 Å². The van der Waals surface area contributed by atoms with Crippen LogP contribution in [0.3, 0.4) is 0 Å². The van der Waals surface area contributed by atoms with E-state index in [1.54, 1.807) is 0 Å². The molecule has 1 aromatic rings. The third-order valence-corrected chi connectivity index (χ3v) is 2.56. The molecule has 0 aliphatic carbocycles. The van der Waals surface area contributed by atoms with Gasteiger partial charge in [0.05, 0.1) is 18.3 Å². The Kier molecular flexibility index (Phi) is 6.18. The minimum Gasteiger partial charge on any atom is -0.387 e. The van der Waals surface area contributed by atoms with Crippen molar-refractivity contribution in [2.45, 2.75) is 26.0 Å². The molecule has 1 aromatic carbocycles. The van der Waals surface area contributed by atoms with Crippen molar-refractivity contribution in [3.8, 4) is 0 Å². The van der Waals surface area contributed by atoms with E-state index >= 15 is 0 Å². The van der Waals surface area contributed by atoms with E-state index < -0.39 is 17.7 Å². The van der Waals surface area contributed by atoms with Gasteiger partial charge in [-0.15, -0.1) is 0 Å². The topological polar surface area (TPSA) is 41.5 Å². The molecule has 3 nitrogen and oxygen atoms in total. The summed E-state index contributed by atoms with van der Waals surface area (Å²) in [4.78, 5) is 0. The molecule has 0 aromatic heterocycles. The van der Waals surface area contributed by atoms with Crippen molar-refractivity contribution < 1.29 is 18.6 Å². The van der Waals surface area contributed by atoms with Crippen LogP contribution >= 0.6 is 0 Å². The molecule has 0 aliphatic heterocycles. The fourth-order valence-corrected chi connectivity index (χ4v) is 1.60. The lowest BCUT2D eigenvalue weighted by Gasteiger charge is -2.18. The summed E-state index contributed by atoms with van der Waals surface area (Å²) in [5.74, 6) is -1.47. The second kappa shape index (κ2) is 7.41. The maximum absolute atomic E-state index is 13.4. The zero-order chi connectivity index (χ0) is 13.5. The van der Waals surface area contributed by atoms with Gasteiger partial charge < -0.3 is 15.2 Å². The highest BCUT2D eigenvalue weighted by atomic mass is 19.1. The van der Waals surface area contributed by atoms with Crippen molar-refractivity contribution in [2.24, 2.45) is 0 Å². The quantitative estimate of drug-likeness (QED) is 0.787. The normalized spacial score (nSPS) is 14.5. The molecule has 0 bridgehead atoms.